The molecule has 5 nitrogen and oxygen atoms in total. The van der Waals surface area contributed by atoms with Gasteiger partial charge in [0.15, 0.2) is 0 Å². The van der Waals surface area contributed by atoms with Gasteiger partial charge in [-0.3, -0.25) is 9.67 Å². The summed E-state index contributed by atoms with van der Waals surface area (Å²) in [6.45, 7) is 6.23. The lowest BCUT2D eigenvalue weighted by Crippen LogP contribution is -2.17. The molecule has 2 aromatic rings. The lowest BCUT2D eigenvalue weighted by Gasteiger charge is -2.07. The Hall–Kier alpha value is -1.75. The average molecular weight is 257 g/mol. The molecule has 1 N–H and O–H groups in total. The van der Waals surface area contributed by atoms with Crippen LogP contribution in [0.4, 0.5) is 0 Å². The maximum atomic E-state index is 4.29. The Kier molecular flexibility index (Phi) is 3.29. The number of pyridine rings is 1. The van der Waals surface area contributed by atoms with Gasteiger partial charge in [-0.15, -0.1) is 5.10 Å². The molecule has 1 saturated heterocycles. The maximum absolute atomic E-state index is 4.29. The number of hydrogen-bond acceptors (Lipinski definition) is 4. The molecular formula is C14H19N5. The monoisotopic (exact) mass is 257 g/mol. The van der Waals surface area contributed by atoms with Crippen molar-refractivity contribution in [2.75, 3.05) is 6.54 Å². The van der Waals surface area contributed by atoms with Gasteiger partial charge in [-0.2, -0.15) is 0 Å². The Morgan fingerprint density at radius 2 is 2.37 bits per heavy atom. The molecule has 0 saturated carbocycles. The highest BCUT2D eigenvalue weighted by molar-refractivity contribution is 5.59. The van der Waals surface area contributed by atoms with Crippen molar-refractivity contribution in [3.05, 3.63) is 30.2 Å². The topological polar surface area (TPSA) is 55.6 Å². The molecule has 0 bridgehead atoms. The molecular weight excluding hydrogens is 238 g/mol. The van der Waals surface area contributed by atoms with Crippen molar-refractivity contribution in [1.82, 2.24) is 25.3 Å². The minimum Gasteiger partial charge on any atom is -0.314 e. The maximum Gasteiger partial charge on any atom is 0.114 e. The third-order valence-electron chi connectivity index (χ3n) is 3.71. The molecule has 2 unspecified atom stereocenters. The van der Waals surface area contributed by atoms with E-state index in [0.717, 1.165) is 30.0 Å². The first-order valence-corrected chi connectivity index (χ1v) is 6.78. The molecule has 19 heavy (non-hydrogen) atoms. The van der Waals surface area contributed by atoms with Gasteiger partial charge < -0.3 is 5.32 Å². The van der Waals surface area contributed by atoms with Crippen LogP contribution in [-0.4, -0.2) is 32.6 Å². The van der Waals surface area contributed by atoms with Gasteiger partial charge in [0.1, 0.15) is 5.69 Å². The van der Waals surface area contributed by atoms with E-state index in [0.29, 0.717) is 12.0 Å². The first kappa shape index (κ1) is 12.3. The molecule has 0 aliphatic carbocycles. The van der Waals surface area contributed by atoms with Crippen LogP contribution < -0.4 is 5.32 Å². The molecule has 1 fully saturated rings. The number of hydrogen-bond donors (Lipinski definition) is 1. The van der Waals surface area contributed by atoms with E-state index >= 15 is 0 Å². The summed E-state index contributed by atoms with van der Waals surface area (Å²) >= 11 is 0. The van der Waals surface area contributed by atoms with Gasteiger partial charge in [-0.05, 0) is 38.3 Å². The molecule has 0 amide bonds. The molecule has 100 valence electrons. The van der Waals surface area contributed by atoms with Crippen molar-refractivity contribution in [3.63, 3.8) is 0 Å². The Labute approximate surface area is 113 Å². The molecule has 1 aliphatic rings. The summed E-state index contributed by atoms with van der Waals surface area (Å²) in [4.78, 5) is 4.29. The summed E-state index contributed by atoms with van der Waals surface area (Å²) < 4.78 is 1.95. The summed E-state index contributed by atoms with van der Waals surface area (Å²) in [6, 6.07) is 4.59. The van der Waals surface area contributed by atoms with Crippen LogP contribution in [0, 0.1) is 12.8 Å². The Morgan fingerprint density at radius 1 is 1.47 bits per heavy atom. The van der Waals surface area contributed by atoms with Gasteiger partial charge >= 0.3 is 0 Å². The normalized spacial score (nSPS) is 22.8. The van der Waals surface area contributed by atoms with Crippen LogP contribution >= 0.6 is 0 Å². The zero-order chi connectivity index (χ0) is 13.2. The van der Waals surface area contributed by atoms with Crippen molar-refractivity contribution in [3.8, 4) is 11.3 Å². The van der Waals surface area contributed by atoms with E-state index in [1.165, 1.54) is 6.42 Å². The molecule has 2 atom stereocenters. The third kappa shape index (κ3) is 2.66. The summed E-state index contributed by atoms with van der Waals surface area (Å²) in [7, 11) is 0. The van der Waals surface area contributed by atoms with E-state index < -0.39 is 0 Å². The highest BCUT2D eigenvalue weighted by atomic mass is 15.4. The van der Waals surface area contributed by atoms with E-state index in [9.17, 15) is 0 Å². The van der Waals surface area contributed by atoms with Crippen LogP contribution in [0.1, 0.15) is 19.0 Å². The fourth-order valence-corrected chi connectivity index (χ4v) is 2.70. The minimum absolute atomic E-state index is 0.619. The van der Waals surface area contributed by atoms with Crippen LogP contribution in [0.3, 0.4) is 0 Å². The number of aryl methyl sites for hydroxylation is 1. The molecule has 0 spiro atoms. The van der Waals surface area contributed by atoms with Gasteiger partial charge in [0, 0.05) is 36.6 Å². The van der Waals surface area contributed by atoms with E-state index in [2.05, 4.69) is 27.5 Å². The van der Waals surface area contributed by atoms with Gasteiger partial charge in [0.25, 0.3) is 0 Å². The number of nitrogens with one attached hydrogen (secondary N) is 1. The second kappa shape index (κ2) is 5.09. The smallest absolute Gasteiger partial charge is 0.114 e. The first-order valence-electron chi connectivity index (χ1n) is 6.78. The Balaban J connectivity index is 1.75. The molecule has 5 heteroatoms. The van der Waals surface area contributed by atoms with Crippen LogP contribution in [0.15, 0.2) is 24.5 Å². The van der Waals surface area contributed by atoms with Crippen molar-refractivity contribution < 1.29 is 0 Å². The van der Waals surface area contributed by atoms with Gasteiger partial charge in [0.2, 0.25) is 0 Å². The standard InChI is InChI=1S/C14H19N5/c1-10-6-12(7-16-10)8-19-9-14(17-18-19)13-4-3-5-15-11(13)2/h3-5,9-10,12,16H,6-8H2,1-2H3. The highest BCUT2D eigenvalue weighted by Crippen LogP contribution is 2.20. The molecule has 2 aromatic heterocycles. The highest BCUT2D eigenvalue weighted by Gasteiger charge is 2.21. The number of nitrogens with zero attached hydrogens (tertiary/aromatic N) is 4. The lowest BCUT2D eigenvalue weighted by atomic mass is 10.1. The third-order valence-corrected chi connectivity index (χ3v) is 3.71. The van der Waals surface area contributed by atoms with E-state index in [1.807, 2.05) is 29.9 Å². The van der Waals surface area contributed by atoms with Crippen molar-refractivity contribution >= 4 is 0 Å². The van der Waals surface area contributed by atoms with Gasteiger partial charge in [-0.1, -0.05) is 5.21 Å². The molecule has 0 radical (unpaired) electrons. The predicted octanol–water partition coefficient (Wildman–Crippen LogP) is 1.65. The van der Waals surface area contributed by atoms with E-state index in [-0.39, 0.29) is 0 Å². The van der Waals surface area contributed by atoms with Crippen molar-refractivity contribution in [1.29, 1.82) is 0 Å². The van der Waals surface area contributed by atoms with Gasteiger partial charge in [-0.25, -0.2) is 0 Å². The second-order valence-corrected chi connectivity index (χ2v) is 5.37. The zero-order valence-corrected chi connectivity index (χ0v) is 11.4. The van der Waals surface area contributed by atoms with Crippen LogP contribution in [-0.2, 0) is 6.54 Å². The van der Waals surface area contributed by atoms with E-state index in [4.69, 9.17) is 0 Å². The largest absolute Gasteiger partial charge is 0.314 e. The summed E-state index contributed by atoms with van der Waals surface area (Å²) in [6.07, 6.45) is 5.03. The Bertz CT molecular complexity index is 562. The first-order chi connectivity index (χ1) is 9.22. The molecule has 3 rings (SSSR count). The minimum atomic E-state index is 0.619. The van der Waals surface area contributed by atoms with Crippen LogP contribution in [0.25, 0.3) is 11.3 Å². The van der Waals surface area contributed by atoms with Crippen LogP contribution in [0.2, 0.25) is 0 Å². The SMILES string of the molecule is Cc1ncccc1-c1cn(CC2CNC(C)C2)nn1. The summed E-state index contributed by atoms with van der Waals surface area (Å²) in [5.74, 6) is 0.652. The Morgan fingerprint density at radius 3 is 3.11 bits per heavy atom. The quantitative estimate of drug-likeness (QED) is 0.908. The zero-order valence-electron chi connectivity index (χ0n) is 11.4. The summed E-state index contributed by atoms with van der Waals surface area (Å²) in [5, 5.41) is 12.0. The number of aromatic nitrogens is 4. The predicted molar refractivity (Wildman–Crippen MR) is 73.6 cm³/mol. The summed E-state index contributed by atoms with van der Waals surface area (Å²) in [5.41, 5.74) is 2.96. The fourth-order valence-electron chi connectivity index (χ4n) is 2.70. The fraction of sp³-hybridized carbons (Fsp3) is 0.500. The molecule has 3 heterocycles. The van der Waals surface area contributed by atoms with Crippen molar-refractivity contribution in [2.45, 2.75) is 32.9 Å². The molecule has 1 aliphatic heterocycles. The van der Waals surface area contributed by atoms with Crippen LogP contribution in [0.5, 0.6) is 0 Å². The lowest BCUT2D eigenvalue weighted by molar-refractivity contribution is 0.435. The van der Waals surface area contributed by atoms with Crippen molar-refractivity contribution in [2.24, 2.45) is 5.92 Å². The second-order valence-electron chi connectivity index (χ2n) is 5.37. The molecule has 0 aromatic carbocycles. The van der Waals surface area contributed by atoms with Gasteiger partial charge in [0.05, 0.1) is 6.20 Å². The number of rotatable bonds is 3. The average Bonchev–Trinajstić information content (AvgIpc) is 3.00. The van der Waals surface area contributed by atoms with E-state index in [1.54, 1.807) is 6.20 Å².